The number of hydrogen-bond acceptors (Lipinski definition) is 6. The Balaban J connectivity index is 2.47. The van der Waals surface area contributed by atoms with Crippen molar-refractivity contribution in [1.82, 2.24) is 15.5 Å². The number of ether oxygens (including phenoxy) is 2. The van der Waals surface area contributed by atoms with Gasteiger partial charge in [-0.1, -0.05) is 54.6 Å². The van der Waals surface area contributed by atoms with Crippen LogP contribution in [0, 0.1) is 13.8 Å². The lowest BCUT2D eigenvalue weighted by molar-refractivity contribution is -0.159. The number of benzene rings is 2. The molecule has 0 aliphatic carbocycles. The van der Waals surface area contributed by atoms with Crippen LogP contribution in [0.5, 0.6) is 0 Å². The third-order valence-electron chi connectivity index (χ3n) is 6.13. The Bertz CT molecular complexity index is 1260. The third-order valence-corrected chi connectivity index (χ3v) is 6.13. The molecule has 0 saturated heterocycles. The van der Waals surface area contributed by atoms with E-state index < -0.39 is 53.7 Å². The quantitative estimate of drug-likeness (QED) is 0.288. The van der Waals surface area contributed by atoms with Crippen LogP contribution >= 0.6 is 0 Å². The van der Waals surface area contributed by atoms with E-state index in [0.29, 0.717) is 5.56 Å². The van der Waals surface area contributed by atoms with Gasteiger partial charge < -0.3 is 25.0 Å². The molecule has 0 fully saturated rings. The maximum atomic E-state index is 14.1. The van der Waals surface area contributed by atoms with Gasteiger partial charge in [-0.05, 0) is 77.6 Å². The molecule has 42 heavy (non-hydrogen) atoms. The molecular weight excluding hydrogens is 534 g/mol. The largest absolute Gasteiger partial charge is 0.458 e. The van der Waals surface area contributed by atoms with Crippen molar-refractivity contribution in [2.24, 2.45) is 0 Å². The monoisotopic (exact) mass is 579 g/mol. The van der Waals surface area contributed by atoms with Crippen LogP contribution in [-0.4, -0.2) is 59.1 Å². The van der Waals surface area contributed by atoms with Gasteiger partial charge in [-0.2, -0.15) is 0 Å². The number of alkyl carbamates (subject to hydrolysis) is 1. The van der Waals surface area contributed by atoms with Crippen molar-refractivity contribution in [3.05, 3.63) is 83.4 Å². The molecule has 0 aliphatic rings. The van der Waals surface area contributed by atoms with Gasteiger partial charge in [0.05, 0.1) is 0 Å². The van der Waals surface area contributed by atoms with E-state index in [1.54, 1.807) is 47.6 Å². The zero-order chi connectivity index (χ0) is 31.7. The zero-order valence-corrected chi connectivity index (χ0v) is 26.1. The molecule has 228 valence electrons. The van der Waals surface area contributed by atoms with E-state index in [1.165, 1.54) is 11.0 Å². The van der Waals surface area contributed by atoms with Crippen LogP contribution in [0.25, 0.3) is 0 Å². The zero-order valence-electron chi connectivity index (χ0n) is 26.1. The molecule has 2 unspecified atom stereocenters. The Hall–Kier alpha value is -4.14. The fourth-order valence-electron chi connectivity index (χ4n) is 4.13. The van der Waals surface area contributed by atoms with Gasteiger partial charge >= 0.3 is 12.1 Å². The third kappa shape index (κ3) is 11.0. The smallest absolute Gasteiger partial charge is 0.408 e. The van der Waals surface area contributed by atoms with Crippen molar-refractivity contribution in [2.45, 2.75) is 85.1 Å². The van der Waals surface area contributed by atoms with Gasteiger partial charge in [-0.15, -0.1) is 6.58 Å². The predicted octanol–water partition coefficient (Wildman–Crippen LogP) is 4.95. The normalized spacial score (nSPS) is 12.9. The number of carbonyl (C=O) groups is 4. The minimum Gasteiger partial charge on any atom is -0.458 e. The van der Waals surface area contributed by atoms with Gasteiger partial charge in [0.25, 0.3) is 0 Å². The predicted molar refractivity (Wildman–Crippen MR) is 163 cm³/mol. The number of carbonyl (C=O) groups excluding carboxylic acids is 4. The van der Waals surface area contributed by atoms with E-state index in [4.69, 9.17) is 9.47 Å². The van der Waals surface area contributed by atoms with Crippen LogP contribution in [-0.2, 0) is 30.3 Å². The first-order valence-corrected chi connectivity index (χ1v) is 14.0. The molecule has 0 aliphatic heterocycles. The Morgan fingerprint density at radius 2 is 1.52 bits per heavy atom. The molecule has 2 aromatic carbocycles. The van der Waals surface area contributed by atoms with Crippen LogP contribution in [0.15, 0.2) is 61.2 Å². The minimum atomic E-state index is -1.13. The second-order valence-electron chi connectivity index (χ2n) is 12.2. The number of amides is 3. The molecule has 0 heterocycles. The maximum absolute atomic E-state index is 14.1. The van der Waals surface area contributed by atoms with Crippen LogP contribution in [0.3, 0.4) is 0 Å². The van der Waals surface area contributed by atoms with Crippen molar-refractivity contribution in [3.8, 4) is 0 Å². The molecule has 0 aromatic heterocycles. The molecule has 9 nitrogen and oxygen atoms in total. The van der Waals surface area contributed by atoms with Crippen molar-refractivity contribution < 1.29 is 28.7 Å². The van der Waals surface area contributed by atoms with E-state index in [2.05, 4.69) is 17.2 Å². The second kappa shape index (κ2) is 14.7. The molecule has 2 N–H and O–H groups in total. The number of nitrogens with one attached hydrogen (secondary N) is 2. The van der Waals surface area contributed by atoms with Gasteiger partial charge in [0.2, 0.25) is 11.8 Å². The summed E-state index contributed by atoms with van der Waals surface area (Å²) >= 11 is 0. The summed E-state index contributed by atoms with van der Waals surface area (Å²) < 4.78 is 10.9. The molecular formula is C33H45N3O6. The molecule has 0 radical (unpaired) electrons. The Kier molecular flexibility index (Phi) is 11.9. The van der Waals surface area contributed by atoms with Gasteiger partial charge in [0.1, 0.15) is 29.8 Å². The van der Waals surface area contributed by atoms with Gasteiger partial charge in [0, 0.05) is 13.0 Å². The molecule has 2 aromatic rings. The SMILES string of the molecule is C=CCN(C(=O)CNC(=O)OC(C)(C)C)C(C(=O)NC(Cc1ccccc1)C(=O)OC(C)(C)C)c1ccc(C)c(C)c1. The van der Waals surface area contributed by atoms with E-state index in [1.807, 2.05) is 56.3 Å². The lowest BCUT2D eigenvalue weighted by Crippen LogP contribution is -2.52. The first-order chi connectivity index (χ1) is 19.5. The van der Waals surface area contributed by atoms with E-state index in [-0.39, 0.29) is 13.0 Å². The van der Waals surface area contributed by atoms with Gasteiger partial charge in [-0.3, -0.25) is 9.59 Å². The maximum Gasteiger partial charge on any atom is 0.408 e. The topological polar surface area (TPSA) is 114 Å². The van der Waals surface area contributed by atoms with E-state index >= 15 is 0 Å². The van der Waals surface area contributed by atoms with Crippen LogP contribution < -0.4 is 10.6 Å². The first kappa shape index (κ1) is 34.1. The van der Waals surface area contributed by atoms with E-state index in [0.717, 1.165) is 16.7 Å². The average molecular weight is 580 g/mol. The Morgan fingerprint density at radius 3 is 2.07 bits per heavy atom. The molecule has 0 saturated carbocycles. The number of rotatable bonds is 11. The summed E-state index contributed by atoms with van der Waals surface area (Å²) in [7, 11) is 0. The van der Waals surface area contributed by atoms with Crippen LogP contribution in [0.2, 0.25) is 0 Å². The molecule has 0 spiro atoms. The number of esters is 1. The highest BCUT2D eigenvalue weighted by Crippen LogP contribution is 2.25. The second-order valence-corrected chi connectivity index (χ2v) is 12.2. The summed E-state index contributed by atoms with van der Waals surface area (Å²) in [5.74, 6) is -1.69. The van der Waals surface area contributed by atoms with E-state index in [9.17, 15) is 19.2 Å². The Labute approximate surface area is 249 Å². The first-order valence-electron chi connectivity index (χ1n) is 14.0. The van der Waals surface area contributed by atoms with Gasteiger partial charge in [-0.25, -0.2) is 9.59 Å². The summed E-state index contributed by atoms with van der Waals surface area (Å²) in [6, 6.07) is 12.6. The van der Waals surface area contributed by atoms with Crippen molar-refractivity contribution >= 4 is 23.9 Å². The standard InChI is InChI=1S/C33H45N3O6/c1-10-18-36(27(37)21-34-31(40)42-33(7,8)9)28(25-17-16-22(2)23(3)19-25)29(38)35-26(30(39)41-32(4,5)6)20-24-14-12-11-13-15-24/h10-17,19,26,28H,1,18,20-21H2,2-9H3,(H,34,40)(H,35,38). The fourth-order valence-corrected chi connectivity index (χ4v) is 4.13. The Morgan fingerprint density at radius 1 is 0.905 bits per heavy atom. The number of nitrogens with zero attached hydrogens (tertiary/aromatic N) is 1. The number of aryl methyl sites for hydroxylation is 2. The highest BCUT2D eigenvalue weighted by Gasteiger charge is 2.35. The molecule has 2 atom stereocenters. The van der Waals surface area contributed by atoms with Crippen LogP contribution in [0.4, 0.5) is 4.79 Å². The number of hydrogen-bond donors (Lipinski definition) is 2. The summed E-state index contributed by atoms with van der Waals surface area (Å²) in [5, 5.41) is 5.33. The van der Waals surface area contributed by atoms with Crippen LogP contribution in [0.1, 0.15) is 69.8 Å². The lowest BCUT2D eigenvalue weighted by Gasteiger charge is -2.32. The van der Waals surface area contributed by atoms with Crippen molar-refractivity contribution in [3.63, 3.8) is 0 Å². The molecule has 2 rings (SSSR count). The molecule has 3 amide bonds. The fraction of sp³-hybridized carbons (Fsp3) is 0.455. The highest BCUT2D eigenvalue weighted by atomic mass is 16.6. The summed E-state index contributed by atoms with van der Waals surface area (Å²) in [5.41, 5.74) is 1.80. The minimum absolute atomic E-state index is 0.00956. The summed E-state index contributed by atoms with van der Waals surface area (Å²) in [6.45, 7) is 17.7. The summed E-state index contributed by atoms with van der Waals surface area (Å²) in [4.78, 5) is 54.5. The van der Waals surface area contributed by atoms with Crippen molar-refractivity contribution in [1.29, 1.82) is 0 Å². The van der Waals surface area contributed by atoms with Crippen molar-refractivity contribution in [2.75, 3.05) is 13.1 Å². The summed E-state index contributed by atoms with van der Waals surface area (Å²) in [6.07, 6.45) is 0.938. The highest BCUT2D eigenvalue weighted by molar-refractivity contribution is 5.93. The lowest BCUT2D eigenvalue weighted by atomic mass is 9.98. The van der Waals surface area contributed by atoms with Gasteiger partial charge in [0.15, 0.2) is 0 Å². The molecule has 0 bridgehead atoms. The average Bonchev–Trinajstić information content (AvgIpc) is 2.87. The molecule has 9 heteroatoms.